The Morgan fingerprint density at radius 3 is 2.72 bits per heavy atom. The molecular formula is C21H26N4O4. The second-order valence-corrected chi connectivity index (χ2v) is 7.54. The molecule has 1 aromatic carbocycles. The quantitative estimate of drug-likeness (QED) is 0.851. The highest BCUT2D eigenvalue weighted by Crippen LogP contribution is 2.39. The van der Waals surface area contributed by atoms with Crippen molar-refractivity contribution in [3.05, 3.63) is 40.7 Å². The molecule has 0 aliphatic carbocycles. The van der Waals surface area contributed by atoms with E-state index in [1.54, 1.807) is 26.0 Å². The van der Waals surface area contributed by atoms with Gasteiger partial charge in [0.1, 0.15) is 0 Å². The predicted octanol–water partition coefficient (Wildman–Crippen LogP) is 1.96. The van der Waals surface area contributed by atoms with E-state index in [1.807, 2.05) is 23.1 Å². The van der Waals surface area contributed by atoms with Gasteiger partial charge in [-0.1, -0.05) is 12.1 Å². The summed E-state index contributed by atoms with van der Waals surface area (Å²) in [7, 11) is 3.26. The van der Waals surface area contributed by atoms with Crippen molar-refractivity contribution in [1.29, 1.82) is 0 Å². The highest BCUT2D eigenvalue weighted by atomic mass is 16.5. The maximum atomic E-state index is 13.2. The van der Waals surface area contributed by atoms with Crippen LogP contribution in [0, 0.1) is 0 Å². The Balaban J connectivity index is 1.51. The highest BCUT2D eigenvalue weighted by Gasteiger charge is 2.34. The van der Waals surface area contributed by atoms with Crippen LogP contribution in [0.5, 0.6) is 11.5 Å². The number of carbonyl (C=O) groups excluding carboxylic acids is 2. The molecule has 154 valence electrons. The number of likely N-dealkylation sites (tertiary alicyclic amines) is 1. The summed E-state index contributed by atoms with van der Waals surface area (Å²) in [4.78, 5) is 28.4. The molecule has 0 bridgehead atoms. The fraction of sp³-hybridized carbons (Fsp3) is 0.476. The molecule has 1 fully saturated rings. The van der Waals surface area contributed by atoms with Crippen molar-refractivity contribution >= 4 is 11.8 Å². The lowest BCUT2D eigenvalue weighted by atomic mass is 9.97. The van der Waals surface area contributed by atoms with E-state index in [-0.39, 0.29) is 17.7 Å². The Labute approximate surface area is 169 Å². The fourth-order valence-corrected chi connectivity index (χ4v) is 4.35. The number of fused-ring (bicyclic) bond motifs is 1. The number of hydrogen-bond acceptors (Lipinski definition) is 5. The van der Waals surface area contributed by atoms with Crippen LogP contribution in [0.4, 0.5) is 0 Å². The molecule has 0 saturated carbocycles. The summed E-state index contributed by atoms with van der Waals surface area (Å²) in [5, 5.41) is 7.26. The Kier molecular flexibility index (Phi) is 5.17. The average molecular weight is 398 g/mol. The number of nitrogens with zero attached hydrogens (tertiary/aromatic N) is 3. The van der Waals surface area contributed by atoms with E-state index in [0.29, 0.717) is 44.0 Å². The van der Waals surface area contributed by atoms with Gasteiger partial charge in [-0.25, -0.2) is 0 Å². The minimum Gasteiger partial charge on any atom is -0.493 e. The maximum absolute atomic E-state index is 13.2. The minimum absolute atomic E-state index is 0.0350. The van der Waals surface area contributed by atoms with Crippen molar-refractivity contribution in [2.75, 3.05) is 33.9 Å². The molecule has 2 aromatic rings. The SMILES string of the molecule is COc1cccc(C2CCN(C(=O)c3n[nH]c4c3CCN(C(C)=O)C4)C2)c1OC. The number of carbonyl (C=O) groups is 2. The predicted molar refractivity (Wildman–Crippen MR) is 106 cm³/mol. The summed E-state index contributed by atoms with van der Waals surface area (Å²) in [5.41, 5.74) is 3.35. The summed E-state index contributed by atoms with van der Waals surface area (Å²) in [6, 6.07) is 5.86. The van der Waals surface area contributed by atoms with Gasteiger partial charge >= 0.3 is 0 Å². The van der Waals surface area contributed by atoms with Gasteiger partial charge in [-0.05, 0) is 18.9 Å². The van der Waals surface area contributed by atoms with Crippen LogP contribution in [0.3, 0.4) is 0 Å². The molecule has 29 heavy (non-hydrogen) atoms. The van der Waals surface area contributed by atoms with Crippen LogP contribution in [0.2, 0.25) is 0 Å². The van der Waals surface area contributed by atoms with Crippen LogP contribution in [0.1, 0.15) is 46.6 Å². The monoisotopic (exact) mass is 398 g/mol. The second-order valence-electron chi connectivity index (χ2n) is 7.54. The largest absolute Gasteiger partial charge is 0.493 e. The third-order valence-corrected chi connectivity index (χ3v) is 5.93. The van der Waals surface area contributed by atoms with E-state index >= 15 is 0 Å². The van der Waals surface area contributed by atoms with Gasteiger partial charge in [-0.2, -0.15) is 5.10 Å². The van der Waals surface area contributed by atoms with E-state index in [1.165, 1.54) is 0 Å². The number of hydrogen-bond donors (Lipinski definition) is 1. The summed E-state index contributed by atoms with van der Waals surface area (Å²) in [6.07, 6.45) is 1.51. The van der Waals surface area contributed by atoms with E-state index in [2.05, 4.69) is 10.2 Å². The van der Waals surface area contributed by atoms with Crippen LogP contribution in [-0.4, -0.2) is 65.7 Å². The van der Waals surface area contributed by atoms with Gasteiger partial charge in [0.05, 0.1) is 26.5 Å². The third-order valence-electron chi connectivity index (χ3n) is 5.93. The molecule has 1 saturated heterocycles. The topological polar surface area (TPSA) is 87.8 Å². The van der Waals surface area contributed by atoms with Crippen LogP contribution < -0.4 is 9.47 Å². The molecule has 1 unspecified atom stereocenters. The molecule has 2 aliphatic rings. The van der Waals surface area contributed by atoms with Gasteiger partial charge in [-0.3, -0.25) is 14.7 Å². The number of amides is 2. The molecule has 0 spiro atoms. The molecule has 2 amide bonds. The van der Waals surface area contributed by atoms with Crippen molar-refractivity contribution in [2.24, 2.45) is 0 Å². The molecule has 1 N–H and O–H groups in total. The summed E-state index contributed by atoms with van der Waals surface area (Å²) < 4.78 is 11.0. The van der Waals surface area contributed by atoms with Crippen molar-refractivity contribution in [3.8, 4) is 11.5 Å². The van der Waals surface area contributed by atoms with Crippen LogP contribution in [-0.2, 0) is 17.8 Å². The molecular weight excluding hydrogens is 372 g/mol. The zero-order chi connectivity index (χ0) is 20.5. The first-order chi connectivity index (χ1) is 14.0. The Hall–Kier alpha value is -3.03. The standard InChI is InChI=1S/C21H26N4O4/c1-13(26)24-10-8-16-17(12-24)22-23-19(16)21(27)25-9-7-14(11-25)15-5-4-6-18(28-2)20(15)29-3/h4-6,14H,7-12H2,1-3H3,(H,22,23). The van der Waals surface area contributed by atoms with Crippen molar-refractivity contribution in [2.45, 2.75) is 32.2 Å². The van der Waals surface area contributed by atoms with E-state index < -0.39 is 0 Å². The van der Waals surface area contributed by atoms with Crippen molar-refractivity contribution in [1.82, 2.24) is 20.0 Å². The number of aromatic nitrogens is 2. The van der Waals surface area contributed by atoms with Crippen molar-refractivity contribution in [3.63, 3.8) is 0 Å². The number of rotatable bonds is 4. The highest BCUT2D eigenvalue weighted by molar-refractivity contribution is 5.94. The zero-order valence-electron chi connectivity index (χ0n) is 17.0. The number of aromatic amines is 1. The first-order valence-electron chi connectivity index (χ1n) is 9.85. The van der Waals surface area contributed by atoms with E-state index in [0.717, 1.165) is 29.0 Å². The van der Waals surface area contributed by atoms with Crippen LogP contribution in [0.25, 0.3) is 0 Å². The van der Waals surface area contributed by atoms with Crippen LogP contribution in [0.15, 0.2) is 18.2 Å². The smallest absolute Gasteiger partial charge is 0.274 e. The van der Waals surface area contributed by atoms with Gasteiger partial charge in [0.2, 0.25) is 5.91 Å². The second kappa shape index (κ2) is 7.77. The van der Waals surface area contributed by atoms with Gasteiger partial charge in [0, 0.05) is 43.6 Å². The first kappa shape index (κ1) is 19.3. The Morgan fingerprint density at radius 1 is 1.17 bits per heavy atom. The van der Waals surface area contributed by atoms with Crippen molar-refractivity contribution < 1.29 is 19.1 Å². The molecule has 1 aromatic heterocycles. The minimum atomic E-state index is -0.0527. The first-order valence-corrected chi connectivity index (χ1v) is 9.85. The fourth-order valence-electron chi connectivity index (χ4n) is 4.35. The summed E-state index contributed by atoms with van der Waals surface area (Å²) in [6.45, 7) is 3.94. The van der Waals surface area contributed by atoms with Crippen LogP contribution >= 0.6 is 0 Å². The molecule has 0 radical (unpaired) electrons. The lowest BCUT2D eigenvalue weighted by molar-refractivity contribution is -0.129. The van der Waals surface area contributed by atoms with E-state index in [4.69, 9.17) is 9.47 Å². The van der Waals surface area contributed by atoms with Gasteiger partial charge in [0.15, 0.2) is 17.2 Å². The summed E-state index contributed by atoms with van der Waals surface area (Å²) >= 11 is 0. The normalized spacial score (nSPS) is 18.5. The molecule has 2 aliphatic heterocycles. The summed E-state index contributed by atoms with van der Waals surface area (Å²) in [5.74, 6) is 1.60. The zero-order valence-corrected chi connectivity index (χ0v) is 17.0. The molecule has 4 rings (SSSR count). The molecule has 8 heteroatoms. The number of ether oxygens (including phenoxy) is 2. The number of H-pyrrole nitrogens is 1. The lowest BCUT2D eigenvalue weighted by Crippen LogP contribution is -2.35. The Bertz CT molecular complexity index is 939. The number of methoxy groups -OCH3 is 2. The van der Waals surface area contributed by atoms with Gasteiger partial charge in [-0.15, -0.1) is 0 Å². The molecule has 3 heterocycles. The van der Waals surface area contributed by atoms with Gasteiger partial charge in [0.25, 0.3) is 5.91 Å². The molecule has 1 atom stereocenters. The third kappa shape index (κ3) is 3.43. The lowest BCUT2D eigenvalue weighted by Gasteiger charge is -2.26. The van der Waals surface area contributed by atoms with Gasteiger partial charge < -0.3 is 19.3 Å². The number of para-hydroxylation sites is 1. The Morgan fingerprint density at radius 2 is 2.00 bits per heavy atom. The molecule has 8 nitrogen and oxygen atoms in total. The maximum Gasteiger partial charge on any atom is 0.274 e. The number of benzene rings is 1. The van der Waals surface area contributed by atoms with E-state index in [9.17, 15) is 9.59 Å². The number of nitrogens with one attached hydrogen (secondary N) is 1. The average Bonchev–Trinajstić information content (AvgIpc) is 3.39.